The van der Waals surface area contributed by atoms with Crippen molar-refractivity contribution in [3.8, 4) is 0 Å². The van der Waals surface area contributed by atoms with E-state index in [0.717, 1.165) is 5.02 Å². The molecule has 0 radical (unpaired) electrons. The molecule has 1 saturated heterocycles. The summed E-state index contributed by atoms with van der Waals surface area (Å²) in [7, 11) is 0. The van der Waals surface area contributed by atoms with Crippen molar-refractivity contribution in [2.24, 2.45) is 0 Å². The van der Waals surface area contributed by atoms with Crippen LogP contribution in [0.2, 0.25) is 5.02 Å². The third kappa shape index (κ3) is 3.04. The quantitative estimate of drug-likeness (QED) is 0.837. The number of benzene rings is 2. The van der Waals surface area contributed by atoms with E-state index in [9.17, 15) is 0 Å². The number of hydrogen-bond acceptors (Lipinski definition) is 0. The molecule has 3 rings (SSSR count). The summed E-state index contributed by atoms with van der Waals surface area (Å²) in [5, 5.41) is 3.22. The Bertz CT molecular complexity index is 533. The number of nitrogens with two attached hydrogens (primary N) is 1. The summed E-state index contributed by atoms with van der Waals surface area (Å²) in [5.41, 5.74) is 2.75. The lowest BCUT2D eigenvalue weighted by Crippen LogP contribution is -3.20. The maximum absolute atomic E-state index is 6.04. The van der Waals surface area contributed by atoms with Gasteiger partial charge in [-0.3, -0.25) is 0 Å². The molecule has 20 heavy (non-hydrogen) atoms. The van der Waals surface area contributed by atoms with E-state index < -0.39 is 0 Å². The summed E-state index contributed by atoms with van der Waals surface area (Å²) in [6.07, 6.45) is 0. The molecular weight excluding hydrogens is 268 g/mol. The van der Waals surface area contributed by atoms with Gasteiger partial charge in [0.25, 0.3) is 0 Å². The Morgan fingerprint density at radius 2 is 1.45 bits per heavy atom. The highest BCUT2D eigenvalue weighted by molar-refractivity contribution is 6.30. The molecule has 3 heteroatoms. The topological polar surface area (TPSA) is 21.1 Å². The van der Waals surface area contributed by atoms with E-state index in [1.165, 1.54) is 37.3 Å². The number of hydrogen-bond donors (Lipinski definition) is 2. The molecule has 104 valence electrons. The fourth-order valence-corrected chi connectivity index (χ4v) is 3.22. The van der Waals surface area contributed by atoms with Gasteiger partial charge < -0.3 is 10.2 Å². The first-order valence-corrected chi connectivity index (χ1v) is 7.69. The summed E-state index contributed by atoms with van der Waals surface area (Å²) in [4.78, 5) is 1.65. The average Bonchev–Trinajstić information content (AvgIpc) is 2.52. The zero-order valence-corrected chi connectivity index (χ0v) is 12.3. The standard InChI is InChI=1S/C17H19ClN2/c18-16-8-6-15(7-9-16)17(14-4-2-1-3-5-14)20-12-10-19-11-13-20/h1-9,17,19H,10-13H2/p+2/t17-/m1/s1. The first-order chi connectivity index (χ1) is 9.84. The Morgan fingerprint density at radius 3 is 2.10 bits per heavy atom. The molecule has 2 nitrogen and oxygen atoms in total. The molecule has 2 aromatic rings. The lowest BCUT2D eigenvalue weighted by Gasteiger charge is -2.31. The van der Waals surface area contributed by atoms with Crippen LogP contribution in [-0.2, 0) is 0 Å². The van der Waals surface area contributed by atoms with Crippen molar-refractivity contribution in [3.05, 3.63) is 70.7 Å². The van der Waals surface area contributed by atoms with Crippen molar-refractivity contribution >= 4 is 11.6 Å². The zero-order valence-electron chi connectivity index (χ0n) is 11.6. The highest BCUT2D eigenvalue weighted by atomic mass is 35.5. The van der Waals surface area contributed by atoms with Crippen LogP contribution in [0.5, 0.6) is 0 Å². The number of piperazine rings is 1. The maximum Gasteiger partial charge on any atom is 0.139 e. The molecule has 2 aromatic carbocycles. The van der Waals surface area contributed by atoms with Gasteiger partial charge in [0, 0.05) is 16.1 Å². The first-order valence-electron chi connectivity index (χ1n) is 7.31. The average molecular weight is 289 g/mol. The van der Waals surface area contributed by atoms with Gasteiger partial charge in [-0.2, -0.15) is 0 Å². The second-order valence-corrected chi connectivity index (χ2v) is 5.86. The van der Waals surface area contributed by atoms with Gasteiger partial charge in [0.1, 0.15) is 32.2 Å². The molecule has 0 saturated carbocycles. The summed E-state index contributed by atoms with van der Waals surface area (Å²) < 4.78 is 0. The van der Waals surface area contributed by atoms with Crippen molar-refractivity contribution in [1.82, 2.24) is 0 Å². The molecule has 0 bridgehead atoms. The van der Waals surface area contributed by atoms with Crippen LogP contribution in [0.3, 0.4) is 0 Å². The smallest absolute Gasteiger partial charge is 0.139 e. The summed E-state index contributed by atoms with van der Waals surface area (Å²) in [6.45, 7) is 4.85. The van der Waals surface area contributed by atoms with Crippen LogP contribution in [0.15, 0.2) is 54.6 Å². The Hall–Kier alpha value is -1.35. The van der Waals surface area contributed by atoms with Gasteiger partial charge in [0.15, 0.2) is 0 Å². The molecule has 1 heterocycles. The molecule has 0 amide bonds. The van der Waals surface area contributed by atoms with Gasteiger partial charge in [-0.25, -0.2) is 0 Å². The van der Waals surface area contributed by atoms with Gasteiger partial charge in [-0.1, -0.05) is 54.1 Å². The normalized spacial score (nSPS) is 17.9. The number of quaternary nitrogens is 2. The summed E-state index contributed by atoms with van der Waals surface area (Å²) in [5.74, 6) is 0. The Morgan fingerprint density at radius 1 is 0.850 bits per heavy atom. The van der Waals surface area contributed by atoms with Crippen molar-refractivity contribution in [2.75, 3.05) is 26.2 Å². The van der Waals surface area contributed by atoms with Gasteiger partial charge >= 0.3 is 0 Å². The maximum atomic E-state index is 6.04. The van der Waals surface area contributed by atoms with Crippen molar-refractivity contribution in [3.63, 3.8) is 0 Å². The summed E-state index contributed by atoms with van der Waals surface area (Å²) in [6, 6.07) is 19.6. The fourth-order valence-electron chi connectivity index (χ4n) is 3.10. The van der Waals surface area contributed by atoms with E-state index in [2.05, 4.69) is 47.8 Å². The second-order valence-electron chi connectivity index (χ2n) is 5.42. The van der Waals surface area contributed by atoms with E-state index in [1.54, 1.807) is 4.90 Å². The SMILES string of the molecule is Clc1ccc([C@@H](c2ccccc2)[NH+]2CC[NH2+]CC2)cc1. The van der Waals surface area contributed by atoms with Crippen molar-refractivity contribution in [2.45, 2.75) is 6.04 Å². The molecular formula is C17H21ClN2+2. The molecule has 0 spiro atoms. The molecule has 0 unspecified atom stereocenters. The minimum absolute atomic E-state index is 0.419. The van der Waals surface area contributed by atoms with Crippen LogP contribution in [0, 0.1) is 0 Å². The zero-order chi connectivity index (χ0) is 13.8. The Labute approximate surface area is 125 Å². The molecule has 3 N–H and O–H groups in total. The van der Waals surface area contributed by atoms with Crippen LogP contribution < -0.4 is 10.2 Å². The van der Waals surface area contributed by atoms with E-state index in [4.69, 9.17) is 11.6 Å². The first kappa shape index (κ1) is 13.6. The molecule has 0 aromatic heterocycles. The van der Waals surface area contributed by atoms with Crippen LogP contribution in [-0.4, -0.2) is 26.2 Å². The predicted molar refractivity (Wildman–Crippen MR) is 82.1 cm³/mol. The van der Waals surface area contributed by atoms with Gasteiger partial charge in [-0.15, -0.1) is 0 Å². The minimum atomic E-state index is 0.419. The van der Waals surface area contributed by atoms with Crippen molar-refractivity contribution < 1.29 is 10.2 Å². The van der Waals surface area contributed by atoms with E-state index >= 15 is 0 Å². The summed E-state index contributed by atoms with van der Waals surface area (Å²) >= 11 is 6.04. The van der Waals surface area contributed by atoms with Crippen molar-refractivity contribution in [1.29, 1.82) is 0 Å². The number of halogens is 1. The third-order valence-corrected chi connectivity index (χ3v) is 4.34. The lowest BCUT2D eigenvalue weighted by atomic mass is 9.96. The fraction of sp³-hybridized carbons (Fsp3) is 0.294. The largest absolute Gasteiger partial charge is 0.337 e. The van der Waals surface area contributed by atoms with Crippen LogP contribution >= 0.6 is 11.6 Å². The van der Waals surface area contributed by atoms with E-state index in [0.29, 0.717) is 6.04 Å². The van der Waals surface area contributed by atoms with Crippen LogP contribution in [0.1, 0.15) is 17.2 Å². The molecule has 1 fully saturated rings. The van der Waals surface area contributed by atoms with E-state index in [1.807, 2.05) is 12.1 Å². The molecule has 0 aliphatic carbocycles. The molecule has 1 aliphatic rings. The minimum Gasteiger partial charge on any atom is -0.337 e. The van der Waals surface area contributed by atoms with Crippen LogP contribution in [0.4, 0.5) is 0 Å². The van der Waals surface area contributed by atoms with Gasteiger partial charge in [-0.05, 0) is 12.1 Å². The Kier molecular flexibility index (Phi) is 4.36. The second kappa shape index (κ2) is 6.40. The lowest BCUT2D eigenvalue weighted by molar-refractivity contribution is -0.967. The Balaban J connectivity index is 1.96. The predicted octanol–water partition coefficient (Wildman–Crippen LogP) is 0.891. The van der Waals surface area contributed by atoms with Gasteiger partial charge in [0.2, 0.25) is 0 Å². The highest BCUT2D eigenvalue weighted by Gasteiger charge is 2.28. The van der Waals surface area contributed by atoms with E-state index in [-0.39, 0.29) is 0 Å². The molecule has 1 atom stereocenters. The number of rotatable bonds is 3. The number of nitrogens with one attached hydrogen (secondary N) is 1. The molecule has 1 aliphatic heterocycles. The monoisotopic (exact) mass is 288 g/mol. The van der Waals surface area contributed by atoms with Crippen LogP contribution in [0.25, 0.3) is 0 Å². The third-order valence-electron chi connectivity index (χ3n) is 4.08. The highest BCUT2D eigenvalue weighted by Crippen LogP contribution is 2.21. The van der Waals surface area contributed by atoms with Gasteiger partial charge in [0.05, 0.1) is 0 Å².